The molecule has 0 saturated heterocycles. The Morgan fingerprint density at radius 1 is 1.39 bits per heavy atom. The minimum atomic E-state index is 0.185. The normalized spacial score (nSPS) is 23.9. The predicted octanol–water partition coefficient (Wildman–Crippen LogP) is 3.95. The van der Waals surface area contributed by atoms with Gasteiger partial charge in [-0.05, 0) is 37.8 Å². The maximum Gasteiger partial charge on any atom is 0.123 e. The molecule has 1 saturated carbocycles. The van der Waals surface area contributed by atoms with E-state index in [0.29, 0.717) is 5.25 Å². The molecule has 1 fully saturated rings. The van der Waals surface area contributed by atoms with Crippen LogP contribution < -0.4 is 5.73 Å². The summed E-state index contributed by atoms with van der Waals surface area (Å²) in [5, 5.41) is 8.38. The van der Waals surface area contributed by atoms with Gasteiger partial charge in [0.05, 0.1) is 0 Å². The molecule has 1 aliphatic carbocycles. The molecule has 3 N–H and O–H groups in total. The molecule has 0 radical (unpaired) electrons. The summed E-state index contributed by atoms with van der Waals surface area (Å²) >= 11 is 1.91. The van der Waals surface area contributed by atoms with E-state index in [-0.39, 0.29) is 5.84 Å². The van der Waals surface area contributed by atoms with Crippen molar-refractivity contribution in [2.75, 3.05) is 0 Å². The summed E-state index contributed by atoms with van der Waals surface area (Å²) in [6.45, 7) is 4.39. The van der Waals surface area contributed by atoms with Crippen molar-refractivity contribution in [2.24, 2.45) is 11.7 Å². The van der Waals surface area contributed by atoms with E-state index in [0.717, 1.165) is 11.5 Å². The van der Waals surface area contributed by atoms with Gasteiger partial charge < -0.3 is 5.73 Å². The number of aryl methyl sites for hydroxylation is 1. The minimum absolute atomic E-state index is 0.185. The molecule has 0 aromatic heterocycles. The fourth-order valence-electron chi connectivity index (χ4n) is 2.62. The first-order valence-corrected chi connectivity index (χ1v) is 7.56. The first-order chi connectivity index (χ1) is 8.56. The fourth-order valence-corrected chi connectivity index (χ4v) is 4.13. The standard InChI is InChI=1S/C15H22N2S/c1-10-4-3-5-12(8-10)18-14-7-6-11(2)9-13(14)15(16)17/h6-7,9-10,12H,3-5,8H2,1-2H3,(H3,16,17). The van der Waals surface area contributed by atoms with Gasteiger partial charge in [0.15, 0.2) is 0 Å². The topological polar surface area (TPSA) is 49.9 Å². The molecule has 1 aliphatic rings. The number of rotatable bonds is 3. The highest BCUT2D eigenvalue weighted by molar-refractivity contribution is 8.00. The van der Waals surface area contributed by atoms with Crippen LogP contribution in [-0.4, -0.2) is 11.1 Å². The van der Waals surface area contributed by atoms with E-state index >= 15 is 0 Å². The van der Waals surface area contributed by atoms with Crippen molar-refractivity contribution >= 4 is 17.6 Å². The van der Waals surface area contributed by atoms with Crippen LogP contribution >= 0.6 is 11.8 Å². The molecule has 1 aromatic rings. The smallest absolute Gasteiger partial charge is 0.123 e. The second-order valence-electron chi connectivity index (χ2n) is 5.42. The van der Waals surface area contributed by atoms with Gasteiger partial charge in [-0.3, -0.25) is 5.41 Å². The Morgan fingerprint density at radius 2 is 2.17 bits per heavy atom. The van der Waals surface area contributed by atoms with E-state index in [1.165, 1.54) is 36.1 Å². The summed E-state index contributed by atoms with van der Waals surface area (Å²) in [6.07, 6.45) is 5.28. The van der Waals surface area contributed by atoms with E-state index < -0.39 is 0 Å². The van der Waals surface area contributed by atoms with Crippen molar-refractivity contribution in [2.45, 2.75) is 49.7 Å². The molecule has 3 heteroatoms. The Morgan fingerprint density at radius 3 is 2.83 bits per heavy atom. The Labute approximate surface area is 114 Å². The highest BCUT2D eigenvalue weighted by atomic mass is 32.2. The molecule has 0 bridgehead atoms. The van der Waals surface area contributed by atoms with E-state index in [1.807, 2.05) is 24.8 Å². The zero-order valence-electron chi connectivity index (χ0n) is 11.2. The quantitative estimate of drug-likeness (QED) is 0.640. The van der Waals surface area contributed by atoms with Gasteiger partial charge >= 0.3 is 0 Å². The molecule has 2 nitrogen and oxygen atoms in total. The summed E-state index contributed by atoms with van der Waals surface area (Å²) in [5.41, 5.74) is 7.76. The van der Waals surface area contributed by atoms with Gasteiger partial charge in [-0.15, -0.1) is 11.8 Å². The minimum Gasteiger partial charge on any atom is -0.384 e. The van der Waals surface area contributed by atoms with E-state index in [2.05, 4.69) is 19.1 Å². The predicted molar refractivity (Wildman–Crippen MR) is 79.5 cm³/mol. The molecular weight excluding hydrogens is 240 g/mol. The van der Waals surface area contributed by atoms with Crippen molar-refractivity contribution < 1.29 is 0 Å². The molecule has 18 heavy (non-hydrogen) atoms. The highest BCUT2D eigenvalue weighted by Gasteiger charge is 2.21. The molecule has 0 heterocycles. The average molecular weight is 262 g/mol. The number of nitrogens with two attached hydrogens (primary N) is 1. The second kappa shape index (κ2) is 5.79. The first kappa shape index (κ1) is 13.5. The van der Waals surface area contributed by atoms with Crippen LogP contribution in [0.25, 0.3) is 0 Å². The molecule has 2 unspecified atom stereocenters. The van der Waals surface area contributed by atoms with Gasteiger partial charge in [-0.2, -0.15) is 0 Å². The molecule has 2 rings (SSSR count). The lowest BCUT2D eigenvalue weighted by Crippen LogP contribution is -2.17. The number of amidine groups is 1. The Hall–Kier alpha value is -0.960. The van der Waals surface area contributed by atoms with Gasteiger partial charge in [0, 0.05) is 15.7 Å². The summed E-state index contributed by atoms with van der Waals surface area (Å²) in [6, 6.07) is 6.26. The molecule has 2 atom stereocenters. The molecule has 98 valence electrons. The van der Waals surface area contributed by atoms with Crippen LogP contribution in [0, 0.1) is 18.3 Å². The van der Waals surface area contributed by atoms with Crippen LogP contribution in [0.15, 0.2) is 23.1 Å². The van der Waals surface area contributed by atoms with Crippen molar-refractivity contribution in [3.8, 4) is 0 Å². The Kier molecular flexibility index (Phi) is 4.33. The fraction of sp³-hybridized carbons (Fsp3) is 0.533. The van der Waals surface area contributed by atoms with Crippen molar-refractivity contribution in [3.63, 3.8) is 0 Å². The lowest BCUT2D eigenvalue weighted by atomic mass is 9.91. The molecule has 0 aliphatic heterocycles. The third-order valence-corrected chi connectivity index (χ3v) is 4.98. The van der Waals surface area contributed by atoms with Crippen LogP contribution in [0.5, 0.6) is 0 Å². The maximum absolute atomic E-state index is 7.69. The average Bonchev–Trinajstić information content (AvgIpc) is 2.31. The lowest BCUT2D eigenvalue weighted by Gasteiger charge is -2.26. The van der Waals surface area contributed by atoms with Gasteiger partial charge in [0.2, 0.25) is 0 Å². The summed E-state index contributed by atoms with van der Waals surface area (Å²) in [4.78, 5) is 1.17. The van der Waals surface area contributed by atoms with E-state index in [4.69, 9.17) is 11.1 Å². The molecule has 0 amide bonds. The Balaban J connectivity index is 2.15. The summed E-state index contributed by atoms with van der Waals surface area (Å²) in [5.74, 6) is 1.02. The lowest BCUT2D eigenvalue weighted by molar-refractivity contribution is 0.394. The van der Waals surface area contributed by atoms with Crippen molar-refractivity contribution in [3.05, 3.63) is 29.3 Å². The van der Waals surface area contributed by atoms with Crippen LogP contribution in [0.4, 0.5) is 0 Å². The number of nitrogen functional groups attached to an aromatic ring is 1. The Bertz CT molecular complexity index is 442. The zero-order chi connectivity index (χ0) is 13.1. The zero-order valence-corrected chi connectivity index (χ0v) is 12.0. The first-order valence-electron chi connectivity index (χ1n) is 6.68. The van der Waals surface area contributed by atoms with Crippen LogP contribution in [0.2, 0.25) is 0 Å². The highest BCUT2D eigenvalue weighted by Crippen LogP contribution is 2.37. The molecule has 1 aromatic carbocycles. The van der Waals surface area contributed by atoms with Crippen LogP contribution in [0.3, 0.4) is 0 Å². The van der Waals surface area contributed by atoms with E-state index in [9.17, 15) is 0 Å². The molecular formula is C15H22N2S. The second-order valence-corrected chi connectivity index (χ2v) is 6.77. The number of thioether (sulfide) groups is 1. The number of nitrogens with one attached hydrogen (secondary N) is 1. The van der Waals surface area contributed by atoms with Gasteiger partial charge in [-0.25, -0.2) is 0 Å². The van der Waals surface area contributed by atoms with Crippen LogP contribution in [0.1, 0.15) is 43.7 Å². The largest absolute Gasteiger partial charge is 0.384 e. The van der Waals surface area contributed by atoms with Gasteiger partial charge in [0.1, 0.15) is 5.84 Å². The van der Waals surface area contributed by atoms with Crippen molar-refractivity contribution in [1.82, 2.24) is 0 Å². The van der Waals surface area contributed by atoms with Crippen molar-refractivity contribution in [1.29, 1.82) is 5.41 Å². The maximum atomic E-state index is 7.69. The monoisotopic (exact) mass is 262 g/mol. The van der Waals surface area contributed by atoms with Gasteiger partial charge in [0.25, 0.3) is 0 Å². The number of benzene rings is 1. The number of hydrogen-bond donors (Lipinski definition) is 2. The summed E-state index contributed by atoms with van der Waals surface area (Å²) in [7, 11) is 0. The van der Waals surface area contributed by atoms with E-state index in [1.54, 1.807) is 0 Å². The third-order valence-electron chi connectivity index (χ3n) is 3.61. The SMILES string of the molecule is Cc1ccc(SC2CCCC(C)C2)c(C(=N)N)c1. The third kappa shape index (κ3) is 3.29. The number of hydrogen-bond acceptors (Lipinski definition) is 2. The van der Waals surface area contributed by atoms with Gasteiger partial charge in [-0.1, -0.05) is 31.4 Å². The molecule has 0 spiro atoms. The van der Waals surface area contributed by atoms with Crippen LogP contribution in [-0.2, 0) is 0 Å². The summed E-state index contributed by atoms with van der Waals surface area (Å²) < 4.78 is 0.